The van der Waals surface area contributed by atoms with Gasteiger partial charge in [-0.1, -0.05) is 36.4 Å². The molecule has 2 N–H and O–H groups in total. The molecule has 0 aliphatic carbocycles. The highest BCUT2D eigenvalue weighted by Crippen LogP contribution is 2.25. The summed E-state index contributed by atoms with van der Waals surface area (Å²) in [6.45, 7) is 0. The first-order valence-corrected chi connectivity index (χ1v) is 7.03. The van der Waals surface area contributed by atoms with Crippen LogP contribution in [0.15, 0.2) is 47.4 Å². The Balaban J connectivity index is 2.72. The summed E-state index contributed by atoms with van der Waals surface area (Å²) in [5, 5.41) is -1.56. The van der Waals surface area contributed by atoms with Crippen LogP contribution >= 0.6 is 11.6 Å². The van der Waals surface area contributed by atoms with Crippen LogP contribution < -0.4 is 5.73 Å². The van der Waals surface area contributed by atoms with Crippen LogP contribution in [-0.4, -0.2) is 19.0 Å². The predicted octanol–water partition coefficient (Wildman–Crippen LogP) is 1.66. The molecule has 0 aliphatic rings. The fourth-order valence-corrected chi connectivity index (χ4v) is 3.33. The van der Waals surface area contributed by atoms with Gasteiger partial charge in [-0.25, -0.2) is 8.42 Å². The first-order valence-electron chi connectivity index (χ1n) is 5.11. The van der Waals surface area contributed by atoms with Crippen LogP contribution in [0.4, 0.5) is 0 Å². The zero-order chi connectivity index (χ0) is 13.3. The number of benzene rings is 2. The third-order valence-corrected chi connectivity index (χ3v) is 4.83. The molecular formula is C12H10ClNO3S. The molecule has 2 aromatic rings. The van der Waals surface area contributed by atoms with Crippen LogP contribution in [0.1, 0.15) is 0 Å². The third kappa shape index (κ3) is 2.12. The van der Waals surface area contributed by atoms with E-state index in [2.05, 4.69) is 0 Å². The average Bonchev–Trinajstić information content (AvgIpc) is 2.36. The summed E-state index contributed by atoms with van der Waals surface area (Å²) in [5.41, 5.74) is 5.35. The van der Waals surface area contributed by atoms with Crippen LogP contribution in [0.3, 0.4) is 0 Å². The Hall–Kier alpha value is -1.43. The molecule has 1 atom stereocenters. The summed E-state index contributed by atoms with van der Waals surface area (Å²) in [7, 11) is -3.97. The van der Waals surface area contributed by atoms with Crippen molar-refractivity contribution in [2.75, 3.05) is 0 Å². The standard InChI is InChI=1S/C12H10ClNO3S/c13-11(15)12(14)18(16,17)10-7-3-5-8-4-1-2-6-9(8)10/h1-7,12H,14H2. The highest BCUT2D eigenvalue weighted by atomic mass is 35.5. The van der Waals surface area contributed by atoms with E-state index in [1.54, 1.807) is 36.4 Å². The molecule has 0 aromatic heterocycles. The van der Waals surface area contributed by atoms with E-state index in [9.17, 15) is 13.2 Å². The van der Waals surface area contributed by atoms with E-state index < -0.39 is 20.5 Å². The second-order valence-electron chi connectivity index (χ2n) is 3.75. The molecule has 6 heteroatoms. The van der Waals surface area contributed by atoms with E-state index in [-0.39, 0.29) is 4.90 Å². The molecule has 0 heterocycles. The Bertz CT molecular complexity index is 707. The summed E-state index contributed by atoms with van der Waals surface area (Å²) in [5.74, 6) is 0. The first-order chi connectivity index (χ1) is 8.44. The van der Waals surface area contributed by atoms with E-state index in [1.165, 1.54) is 6.07 Å². The van der Waals surface area contributed by atoms with Gasteiger partial charge in [0.25, 0.3) is 5.24 Å². The van der Waals surface area contributed by atoms with Crippen molar-refractivity contribution in [3.8, 4) is 0 Å². The molecule has 0 aliphatic heterocycles. The summed E-state index contributed by atoms with van der Waals surface area (Å²) in [6.07, 6.45) is 0. The van der Waals surface area contributed by atoms with Crippen molar-refractivity contribution < 1.29 is 13.2 Å². The van der Waals surface area contributed by atoms with E-state index in [1.807, 2.05) is 0 Å². The molecule has 0 radical (unpaired) electrons. The number of fused-ring (bicyclic) bond motifs is 1. The lowest BCUT2D eigenvalue weighted by Crippen LogP contribution is -2.36. The molecule has 1 unspecified atom stereocenters. The van der Waals surface area contributed by atoms with Crippen LogP contribution in [-0.2, 0) is 14.6 Å². The van der Waals surface area contributed by atoms with Crippen molar-refractivity contribution in [3.63, 3.8) is 0 Å². The summed E-state index contributed by atoms with van der Waals surface area (Å²) in [6, 6.07) is 11.7. The fourth-order valence-electron chi connectivity index (χ4n) is 1.70. The number of carbonyl (C=O) groups excluding carboxylic acids is 1. The second-order valence-corrected chi connectivity index (χ2v) is 6.16. The molecule has 94 valence electrons. The fraction of sp³-hybridized carbons (Fsp3) is 0.0833. The molecule has 18 heavy (non-hydrogen) atoms. The smallest absolute Gasteiger partial charge is 0.254 e. The van der Waals surface area contributed by atoms with Crippen molar-refractivity contribution in [3.05, 3.63) is 42.5 Å². The average molecular weight is 284 g/mol. The van der Waals surface area contributed by atoms with Crippen molar-refractivity contribution in [1.29, 1.82) is 0 Å². The molecule has 0 saturated heterocycles. The third-order valence-electron chi connectivity index (χ3n) is 2.61. The monoisotopic (exact) mass is 283 g/mol. The van der Waals surface area contributed by atoms with Gasteiger partial charge in [0.15, 0.2) is 5.37 Å². The van der Waals surface area contributed by atoms with Gasteiger partial charge in [0, 0.05) is 5.39 Å². The molecule has 0 bridgehead atoms. The lowest BCUT2D eigenvalue weighted by Gasteiger charge is -2.11. The van der Waals surface area contributed by atoms with Crippen molar-refractivity contribution >= 4 is 37.5 Å². The number of nitrogens with two attached hydrogens (primary N) is 1. The van der Waals surface area contributed by atoms with E-state index in [4.69, 9.17) is 17.3 Å². The highest BCUT2D eigenvalue weighted by Gasteiger charge is 2.30. The summed E-state index contributed by atoms with van der Waals surface area (Å²) >= 11 is 5.17. The van der Waals surface area contributed by atoms with Gasteiger partial charge in [0.1, 0.15) is 0 Å². The Labute approximate surface area is 109 Å². The van der Waals surface area contributed by atoms with Gasteiger partial charge in [-0.05, 0) is 23.1 Å². The molecular weight excluding hydrogens is 274 g/mol. The number of rotatable bonds is 3. The van der Waals surface area contributed by atoms with E-state index in [0.717, 1.165) is 5.39 Å². The largest absolute Gasteiger partial charge is 0.307 e. The minimum Gasteiger partial charge on any atom is -0.307 e. The maximum atomic E-state index is 12.2. The molecule has 0 amide bonds. The van der Waals surface area contributed by atoms with Crippen LogP contribution in [0.25, 0.3) is 10.8 Å². The summed E-state index contributed by atoms with van der Waals surface area (Å²) in [4.78, 5) is 11.0. The zero-order valence-electron chi connectivity index (χ0n) is 9.21. The van der Waals surface area contributed by atoms with Gasteiger partial charge in [-0.15, -0.1) is 0 Å². The maximum absolute atomic E-state index is 12.2. The topological polar surface area (TPSA) is 77.2 Å². The van der Waals surface area contributed by atoms with E-state index in [0.29, 0.717) is 5.39 Å². The number of hydrogen-bond donors (Lipinski definition) is 1. The van der Waals surface area contributed by atoms with Crippen molar-refractivity contribution in [1.82, 2.24) is 0 Å². The lowest BCUT2D eigenvalue weighted by molar-refractivity contribution is -0.111. The molecule has 4 nitrogen and oxygen atoms in total. The number of hydrogen-bond acceptors (Lipinski definition) is 4. The Morgan fingerprint density at radius 1 is 1.11 bits per heavy atom. The van der Waals surface area contributed by atoms with Gasteiger partial charge in [0.2, 0.25) is 9.84 Å². The quantitative estimate of drug-likeness (QED) is 0.869. The van der Waals surface area contributed by atoms with Gasteiger partial charge in [-0.3, -0.25) is 4.79 Å². The normalized spacial score (nSPS) is 13.4. The Kier molecular flexibility index (Phi) is 3.38. The van der Waals surface area contributed by atoms with Crippen LogP contribution in [0.2, 0.25) is 0 Å². The van der Waals surface area contributed by atoms with Crippen LogP contribution in [0.5, 0.6) is 0 Å². The minimum atomic E-state index is -3.97. The van der Waals surface area contributed by atoms with Crippen molar-refractivity contribution in [2.45, 2.75) is 10.3 Å². The second kappa shape index (κ2) is 4.68. The summed E-state index contributed by atoms with van der Waals surface area (Å²) < 4.78 is 24.3. The highest BCUT2D eigenvalue weighted by molar-refractivity contribution is 7.93. The Morgan fingerprint density at radius 3 is 2.39 bits per heavy atom. The molecule has 2 aromatic carbocycles. The number of carbonyl (C=O) groups is 1. The molecule has 0 saturated carbocycles. The SMILES string of the molecule is NC(C(=O)Cl)S(=O)(=O)c1cccc2ccccc12. The lowest BCUT2D eigenvalue weighted by atomic mass is 10.1. The number of halogens is 1. The van der Waals surface area contributed by atoms with E-state index >= 15 is 0 Å². The van der Waals surface area contributed by atoms with Gasteiger partial charge in [0.05, 0.1) is 4.90 Å². The van der Waals surface area contributed by atoms with Crippen molar-refractivity contribution in [2.24, 2.45) is 5.73 Å². The van der Waals surface area contributed by atoms with Gasteiger partial charge < -0.3 is 5.73 Å². The molecule has 2 rings (SSSR count). The molecule has 0 fully saturated rings. The first kappa shape index (κ1) is 13.0. The number of sulfone groups is 1. The molecule has 0 spiro atoms. The predicted molar refractivity (Wildman–Crippen MR) is 70.0 cm³/mol. The van der Waals surface area contributed by atoms with Gasteiger partial charge >= 0.3 is 0 Å². The minimum absolute atomic E-state index is 0.0158. The van der Waals surface area contributed by atoms with Gasteiger partial charge in [-0.2, -0.15) is 0 Å². The zero-order valence-corrected chi connectivity index (χ0v) is 10.8. The Morgan fingerprint density at radius 2 is 1.72 bits per heavy atom. The van der Waals surface area contributed by atoms with Crippen LogP contribution in [0, 0.1) is 0 Å². The maximum Gasteiger partial charge on any atom is 0.254 e.